The lowest BCUT2D eigenvalue weighted by Gasteiger charge is -2.09. The Bertz CT molecular complexity index is 974. The fourth-order valence-corrected chi connectivity index (χ4v) is 2.73. The summed E-state index contributed by atoms with van der Waals surface area (Å²) in [6.45, 7) is 2.22. The lowest BCUT2D eigenvalue weighted by molar-refractivity contribution is 0.361. The van der Waals surface area contributed by atoms with Crippen LogP contribution >= 0.6 is 15.9 Å². The molecule has 0 N–H and O–H groups in total. The quantitative estimate of drug-likeness (QED) is 0.663. The van der Waals surface area contributed by atoms with Gasteiger partial charge in [-0.15, -0.1) is 0 Å². The van der Waals surface area contributed by atoms with Crippen LogP contribution in [0.5, 0.6) is 0 Å². The minimum Gasteiger partial charge on any atom is -0.337 e. The predicted octanol–water partition coefficient (Wildman–Crippen LogP) is 1.81. The molecule has 0 amide bonds. The van der Waals surface area contributed by atoms with E-state index < -0.39 is 11.2 Å². The standard InChI is InChI=1S/C16H15BrN4O3/c1-2-13-18-14(24-19-13)10-21-15(22)6-7-20(16(21)23)9-11-4-3-5-12(17)8-11/h3-8H,2,9-10H2,1H3. The van der Waals surface area contributed by atoms with Crippen LogP contribution in [-0.2, 0) is 19.5 Å². The van der Waals surface area contributed by atoms with Crippen molar-refractivity contribution in [2.75, 3.05) is 0 Å². The minimum absolute atomic E-state index is 0.0377. The van der Waals surface area contributed by atoms with Gasteiger partial charge in [0, 0.05) is 23.2 Å². The van der Waals surface area contributed by atoms with Crippen molar-refractivity contribution >= 4 is 15.9 Å². The third kappa shape index (κ3) is 3.53. The molecule has 0 fully saturated rings. The zero-order valence-corrected chi connectivity index (χ0v) is 14.6. The second-order valence-corrected chi connectivity index (χ2v) is 6.15. The van der Waals surface area contributed by atoms with Crippen LogP contribution in [-0.4, -0.2) is 19.3 Å². The molecule has 0 spiro atoms. The van der Waals surface area contributed by atoms with Crippen molar-refractivity contribution in [3.8, 4) is 0 Å². The molecule has 24 heavy (non-hydrogen) atoms. The van der Waals surface area contributed by atoms with Crippen LogP contribution in [0.3, 0.4) is 0 Å². The first kappa shape index (κ1) is 16.4. The molecule has 3 rings (SSSR count). The van der Waals surface area contributed by atoms with Gasteiger partial charge in [-0.1, -0.05) is 40.1 Å². The van der Waals surface area contributed by atoms with Crippen molar-refractivity contribution in [2.45, 2.75) is 26.4 Å². The summed E-state index contributed by atoms with van der Waals surface area (Å²) in [6.07, 6.45) is 2.12. The molecule has 3 aromatic rings. The average Bonchev–Trinajstić information content (AvgIpc) is 3.02. The molecule has 124 valence electrons. The van der Waals surface area contributed by atoms with Gasteiger partial charge in [0.25, 0.3) is 5.56 Å². The molecule has 0 saturated carbocycles. The highest BCUT2D eigenvalue weighted by atomic mass is 79.9. The average molecular weight is 391 g/mol. The smallest absolute Gasteiger partial charge is 0.331 e. The monoisotopic (exact) mass is 390 g/mol. The van der Waals surface area contributed by atoms with Gasteiger partial charge in [0.1, 0.15) is 6.54 Å². The maximum atomic E-state index is 12.6. The molecule has 1 aromatic carbocycles. The Kier molecular flexibility index (Phi) is 4.75. The largest absolute Gasteiger partial charge is 0.337 e. The Morgan fingerprint density at radius 2 is 2.04 bits per heavy atom. The number of rotatable bonds is 5. The molecule has 0 aliphatic rings. The SMILES string of the molecule is CCc1noc(Cn2c(=O)ccn(Cc3cccc(Br)c3)c2=O)n1. The number of benzene rings is 1. The molecule has 0 saturated heterocycles. The minimum atomic E-state index is -0.418. The molecule has 0 unspecified atom stereocenters. The fraction of sp³-hybridized carbons (Fsp3) is 0.250. The van der Waals surface area contributed by atoms with Gasteiger partial charge >= 0.3 is 5.69 Å². The van der Waals surface area contributed by atoms with Crippen molar-refractivity contribution in [1.29, 1.82) is 0 Å². The molecule has 7 nitrogen and oxygen atoms in total. The van der Waals surface area contributed by atoms with Gasteiger partial charge in [-0.3, -0.25) is 13.9 Å². The van der Waals surface area contributed by atoms with E-state index in [1.165, 1.54) is 16.8 Å². The first-order chi connectivity index (χ1) is 11.6. The predicted molar refractivity (Wildman–Crippen MR) is 91.0 cm³/mol. The Labute approximate surface area is 145 Å². The Morgan fingerprint density at radius 1 is 1.21 bits per heavy atom. The van der Waals surface area contributed by atoms with Crippen molar-refractivity contribution < 1.29 is 4.52 Å². The first-order valence-electron chi connectivity index (χ1n) is 7.43. The number of hydrogen-bond donors (Lipinski definition) is 0. The summed E-state index contributed by atoms with van der Waals surface area (Å²) in [5, 5.41) is 3.77. The summed E-state index contributed by atoms with van der Waals surface area (Å²) in [4.78, 5) is 28.8. The summed E-state index contributed by atoms with van der Waals surface area (Å²) < 4.78 is 8.56. The van der Waals surface area contributed by atoms with Crippen molar-refractivity contribution in [3.05, 3.63) is 79.1 Å². The van der Waals surface area contributed by atoms with Crippen LogP contribution in [0.25, 0.3) is 0 Å². The molecule has 2 heterocycles. The molecular weight excluding hydrogens is 376 g/mol. The normalized spacial score (nSPS) is 10.9. The summed E-state index contributed by atoms with van der Waals surface area (Å²) in [6, 6.07) is 9.00. The molecule has 2 aromatic heterocycles. The van der Waals surface area contributed by atoms with Gasteiger partial charge in [0.2, 0.25) is 5.89 Å². The third-order valence-electron chi connectivity index (χ3n) is 3.50. The van der Waals surface area contributed by atoms with Gasteiger partial charge in [0.15, 0.2) is 5.82 Å². The van der Waals surface area contributed by atoms with E-state index in [9.17, 15) is 9.59 Å². The molecule has 0 bridgehead atoms. The molecule has 8 heteroatoms. The van der Waals surface area contributed by atoms with Gasteiger partial charge in [0.05, 0.1) is 6.54 Å². The highest BCUT2D eigenvalue weighted by molar-refractivity contribution is 9.10. The summed E-state index contributed by atoms with van der Waals surface area (Å²) in [5.74, 6) is 0.787. The zero-order valence-electron chi connectivity index (χ0n) is 13.0. The Balaban J connectivity index is 1.93. The summed E-state index contributed by atoms with van der Waals surface area (Å²) >= 11 is 3.40. The lowest BCUT2D eigenvalue weighted by Crippen LogP contribution is -2.39. The van der Waals surface area contributed by atoms with Gasteiger partial charge in [-0.2, -0.15) is 4.98 Å². The van der Waals surface area contributed by atoms with E-state index in [0.717, 1.165) is 14.6 Å². The molecular formula is C16H15BrN4O3. The highest BCUT2D eigenvalue weighted by Crippen LogP contribution is 2.12. The maximum Gasteiger partial charge on any atom is 0.331 e. The van der Waals surface area contributed by atoms with Crippen LogP contribution in [0.2, 0.25) is 0 Å². The highest BCUT2D eigenvalue weighted by Gasteiger charge is 2.11. The molecule has 0 aliphatic heterocycles. The van der Waals surface area contributed by atoms with Crippen LogP contribution in [0, 0.1) is 0 Å². The van der Waals surface area contributed by atoms with E-state index in [2.05, 4.69) is 26.1 Å². The summed E-state index contributed by atoms with van der Waals surface area (Å²) in [7, 11) is 0. The third-order valence-corrected chi connectivity index (χ3v) is 3.99. The molecule has 0 radical (unpaired) electrons. The fourth-order valence-electron chi connectivity index (χ4n) is 2.29. The first-order valence-corrected chi connectivity index (χ1v) is 8.22. The lowest BCUT2D eigenvalue weighted by atomic mass is 10.2. The maximum absolute atomic E-state index is 12.6. The van der Waals surface area contributed by atoms with Gasteiger partial charge in [-0.25, -0.2) is 4.79 Å². The van der Waals surface area contributed by atoms with Crippen LogP contribution in [0.4, 0.5) is 0 Å². The van der Waals surface area contributed by atoms with Crippen molar-refractivity contribution in [2.24, 2.45) is 0 Å². The van der Waals surface area contributed by atoms with Gasteiger partial charge in [-0.05, 0) is 17.7 Å². The second-order valence-electron chi connectivity index (χ2n) is 5.24. The molecule has 0 aliphatic carbocycles. The Morgan fingerprint density at radius 3 is 2.75 bits per heavy atom. The van der Waals surface area contributed by atoms with Crippen LogP contribution in [0.1, 0.15) is 24.2 Å². The Hall–Kier alpha value is -2.48. The molecule has 0 atom stereocenters. The van der Waals surface area contributed by atoms with Crippen LogP contribution in [0.15, 0.2) is 55.1 Å². The number of halogens is 1. The van der Waals surface area contributed by atoms with E-state index >= 15 is 0 Å². The number of aryl methyl sites for hydroxylation is 1. The number of hydrogen-bond acceptors (Lipinski definition) is 5. The van der Waals surface area contributed by atoms with E-state index in [1.54, 1.807) is 0 Å². The number of aromatic nitrogens is 4. The van der Waals surface area contributed by atoms with E-state index in [-0.39, 0.29) is 12.4 Å². The van der Waals surface area contributed by atoms with E-state index in [1.807, 2.05) is 31.2 Å². The van der Waals surface area contributed by atoms with Crippen LogP contribution < -0.4 is 11.2 Å². The van der Waals surface area contributed by atoms with Crippen molar-refractivity contribution in [1.82, 2.24) is 19.3 Å². The van der Waals surface area contributed by atoms with Gasteiger partial charge < -0.3 is 4.52 Å². The number of nitrogens with zero attached hydrogens (tertiary/aromatic N) is 4. The van der Waals surface area contributed by atoms with E-state index in [4.69, 9.17) is 4.52 Å². The van der Waals surface area contributed by atoms with Crippen molar-refractivity contribution in [3.63, 3.8) is 0 Å². The zero-order chi connectivity index (χ0) is 17.1. The topological polar surface area (TPSA) is 82.9 Å². The van der Waals surface area contributed by atoms with E-state index in [0.29, 0.717) is 18.8 Å². The second kappa shape index (κ2) is 6.96. The summed E-state index contributed by atoms with van der Waals surface area (Å²) in [5.41, 5.74) is 0.128.